The van der Waals surface area contributed by atoms with E-state index in [2.05, 4.69) is 58.0 Å². The molecule has 1 aliphatic heterocycles. The molecule has 4 heteroatoms. The highest BCUT2D eigenvalue weighted by Gasteiger charge is 2.39. The molecule has 0 bridgehead atoms. The summed E-state index contributed by atoms with van der Waals surface area (Å²) in [5.41, 5.74) is 2.55. The lowest BCUT2D eigenvalue weighted by atomic mass is 9.87. The minimum absolute atomic E-state index is 0.139. The van der Waals surface area contributed by atoms with Crippen molar-refractivity contribution >= 4 is 0 Å². The molecule has 4 nitrogen and oxygen atoms in total. The molecule has 1 aromatic carbocycles. The maximum Gasteiger partial charge on any atom is 0.114 e. The molecule has 0 aromatic heterocycles. The van der Waals surface area contributed by atoms with Crippen LogP contribution in [0.25, 0.3) is 0 Å². The summed E-state index contributed by atoms with van der Waals surface area (Å²) in [5, 5.41) is 10.7. The van der Waals surface area contributed by atoms with Crippen molar-refractivity contribution in [3.63, 3.8) is 0 Å². The average molecular weight is 419 g/mol. The van der Waals surface area contributed by atoms with Gasteiger partial charge in [-0.15, -0.1) is 0 Å². The van der Waals surface area contributed by atoms with Gasteiger partial charge in [0.2, 0.25) is 0 Å². The van der Waals surface area contributed by atoms with Crippen molar-refractivity contribution in [2.24, 2.45) is 0 Å². The Labute approximate surface area is 183 Å². The Morgan fingerprint density at radius 2 is 1.80 bits per heavy atom. The van der Waals surface area contributed by atoms with E-state index in [0.717, 1.165) is 12.0 Å². The van der Waals surface area contributed by atoms with E-state index in [0.29, 0.717) is 13.2 Å². The van der Waals surface area contributed by atoms with E-state index < -0.39 is 12.2 Å². The number of allylic oxidation sites excluding steroid dienone is 1. The largest absolute Gasteiger partial charge is 0.387 e. The summed E-state index contributed by atoms with van der Waals surface area (Å²) in [5.74, 6) is 0. The van der Waals surface area contributed by atoms with Gasteiger partial charge in [0.15, 0.2) is 0 Å². The van der Waals surface area contributed by atoms with Gasteiger partial charge >= 0.3 is 0 Å². The summed E-state index contributed by atoms with van der Waals surface area (Å²) < 4.78 is 17.5. The van der Waals surface area contributed by atoms with Gasteiger partial charge in [-0.1, -0.05) is 89.8 Å². The van der Waals surface area contributed by atoms with E-state index in [9.17, 15) is 5.11 Å². The summed E-state index contributed by atoms with van der Waals surface area (Å²) in [6.07, 6.45) is 9.72. The molecule has 1 heterocycles. The number of aliphatic hydroxyl groups is 1. The number of rotatable bonds is 11. The predicted octanol–water partition coefficient (Wildman–Crippen LogP) is 5.56. The number of methoxy groups -OCH3 is 1. The summed E-state index contributed by atoms with van der Waals surface area (Å²) in [6, 6.07) is 8.52. The van der Waals surface area contributed by atoms with Crippen LogP contribution in [-0.4, -0.2) is 43.2 Å². The molecular weight excluding hydrogens is 376 g/mol. The van der Waals surface area contributed by atoms with Crippen molar-refractivity contribution in [1.29, 1.82) is 0 Å². The van der Waals surface area contributed by atoms with Crippen LogP contribution in [0, 0.1) is 0 Å². The molecule has 0 radical (unpaired) electrons. The SMILES string of the molecule is CCCCCCC/C=C/[C@@H]1OC[C@@H](OCc2ccc(C(C)(C)C)cc2)[C@H](OC)[C@@H]1O. The normalized spacial score (nSPS) is 25.1. The Hall–Kier alpha value is -1.20. The van der Waals surface area contributed by atoms with Crippen molar-refractivity contribution in [3.8, 4) is 0 Å². The Bertz CT molecular complexity index is 617. The molecule has 0 unspecified atom stereocenters. The minimum Gasteiger partial charge on any atom is -0.387 e. The average Bonchev–Trinajstić information content (AvgIpc) is 2.72. The third kappa shape index (κ3) is 7.81. The molecule has 1 aliphatic rings. The first kappa shape index (κ1) is 25.1. The van der Waals surface area contributed by atoms with E-state index in [1.165, 1.54) is 37.7 Å². The molecule has 1 fully saturated rings. The van der Waals surface area contributed by atoms with Gasteiger partial charge in [0.05, 0.1) is 13.2 Å². The van der Waals surface area contributed by atoms with Gasteiger partial charge in [-0.25, -0.2) is 0 Å². The number of hydrogen-bond donors (Lipinski definition) is 1. The second-order valence-electron chi connectivity index (χ2n) is 9.42. The number of hydrogen-bond acceptors (Lipinski definition) is 4. The minimum atomic E-state index is -0.728. The van der Waals surface area contributed by atoms with Gasteiger partial charge in [-0.05, 0) is 29.4 Å². The fraction of sp³-hybridized carbons (Fsp3) is 0.692. The molecule has 170 valence electrons. The molecule has 2 rings (SSSR count). The topological polar surface area (TPSA) is 47.9 Å². The van der Waals surface area contributed by atoms with E-state index in [-0.39, 0.29) is 17.6 Å². The molecule has 4 atom stereocenters. The number of aliphatic hydroxyl groups excluding tert-OH is 1. The summed E-state index contributed by atoms with van der Waals surface area (Å²) in [4.78, 5) is 0. The smallest absolute Gasteiger partial charge is 0.114 e. The molecule has 1 aromatic rings. The first-order chi connectivity index (χ1) is 14.4. The maximum absolute atomic E-state index is 10.7. The van der Waals surface area contributed by atoms with Crippen LogP contribution >= 0.6 is 0 Å². The lowest BCUT2D eigenvalue weighted by molar-refractivity contribution is -0.201. The molecule has 30 heavy (non-hydrogen) atoms. The lowest BCUT2D eigenvalue weighted by Crippen LogP contribution is -2.54. The van der Waals surface area contributed by atoms with Crippen LogP contribution in [0.5, 0.6) is 0 Å². The van der Waals surface area contributed by atoms with Gasteiger partial charge < -0.3 is 19.3 Å². The summed E-state index contributed by atoms with van der Waals surface area (Å²) >= 11 is 0. The van der Waals surface area contributed by atoms with Crippen molar-refractivity contribution in [2.45, 2.75) is 103 Å². The van der Waals surface area contributed by atoms with Crippen LogP contribution in [0.2, 0.25) is 0 Å². The fourth-order valence-corrected chi connectivity index (χ4v) is 3.81. The second kappa shape index (κ2) is 12.6. The third-order valence-electron chi connectivity index (χ3n) is 5.85. The molecule has 0 saturated carbocycles. The zero-order valence-corrected chi connectivity index (χ0v) is 19.6. The summed E-state index contributed by atoms with van der Waals surface area (Å²) in [6.45, 7) is 9.75. The van der Waals surface area contributed by atoms with Gasteiger partial charge in [0.25, 0.3) is 0 Å². The molecule has 0 spiro atoms. The van der Waals surface area contributed by atoms with Crippen LogP contribution in [-0.2, 0) is 26.2 Å². The maximum atomic E-state index is 10.7. The molecule has 0 aliphatic carbocycles. The summed E-state index contributed by atoms with van der Waals surface area (Å²) in [7, 11) is 1.63. The quantitative estimate of drug-likeness (QED) is 0.377. The Kier molecular flexibility index (Phi) is 10.5. The third-order valence-corrected chi connectivity index (χ3v) is 5.85. The monoisotopic (exact) mass is 418 g/mol. The van der Waals surface area contributed by atoms with E-state index in [4.69, 9.17) is 14.2 Å². The van der Waals surface area contributed by atoms with Gasteiger partial charge in [-0.2, -0.15) is 0 Å². The Balaban J connectivity index is 1.81. The lowest BCUT2D eigenvalue weighted by Gasteiger charge is -2.38. The van der Waals surface area contributed by atoms with Crippen molar-refractivity contribution < 1.29 is 19.3 Å². The highest BCUT2D eigenvalue weighted by atomic mass is 16.6. The molecule has 0 amide bonds. The van der Waals surface area contributed by atoms with E-state index in [1.807, 2.05) is 6.08 Å². The van der Waals surface area contributed by atoms with Crippen LogP contribution in [0.15, 0.2) is 36.4 Å². The second-order valence-corrected chi connectivity index (χ2v) is 9.42. The predicted molar refractivity (Wildman–Crippen MR) is 123 cm³/mol. The first-order valence-corrected chi connectivity index (χ1v) is 11.6. The molecular formula is C26H42O4. The number of ether oxygens (including phenoxy) is 3. The van der Waals surface area contributed by atoms with Crippen molar-refractivity contribution in [1.82, 2.24) is 0 Å². The van der Waals surface area contributed by atoms with Crippen LogP contribution in [0.4, 0.5) is 0 Å². The number of benzene rings is 1. The standard InChI is InChI=1S/C26H42O4/c1-6-7-8-9-10-11-12-13-22-24(27)25(28-5)23(19-30-22)29-18-20-14-16-21(17-15-20)26(2,3)4/h12-17,22-25,27H,6-11,18-19H2,1-5H3/b13-12+/t22-,23+,24+,25-/m0/s1. The zero-order chi connectivity index (χ0) is 22.0. The molecule has 1 saturated heterocycles. The molecule has 1 N–H and O–H groups in total. The van der Waals surface area contributed by atoms with Gasteiger partial charge in [-0.3, -0.25) is 0 Å². The van der Waals surface area contributed by atoms with Crippen LogP contribution < -0.4 is 0 Å². The van der Waals surface area contributed by atoms with Gasteiger partial charge in [0, 0.05) is 7.11 Å². The van der Waals surface area contributed by atoms with Gasteiger partial charge in [0.1, 0.15) is 24.4 Å². The van der Waals surface area contributed by atoms with E-state index >= 15 is 0 Å². The first-order valence-electron chi connectivity index (χ1n) is 11.6. The Morgan fingerprint density at radius 1 is 1.10 bits per heavy atom. The fourth-order valence-electron chi connectivity index (χ4n) is 3.81. The zero-order valence-electron chi connectivity index (χ0n) is 19.6. The van der Waals surface area contributed by atoms with Crippen molar-refractivity contribution in [3.05, 3.63) is 47.5 Å². The van der Waals surface area contributed by atoms with Crippen molar-refractivity contribution in [2.75, 3.05) is 13.7 Å². The van der Waals surface area contributed by atoms with Crippen LogP contribution in [0.3, 0.4) is 0 Å². The highest BCUT2D eigenvalue weighted by molar-refractivity contribution is 5.27. The highest BCUT2D eigenvalue weighted by Crippen LogP contribution is 2.25. The number of unbranched alkanes of at least 4 members (excludes halogenated alkanes) is 5. The van der Waals surface area contributed by atoms with Crippen LogP contribution in [0.1, 0.15) is 77.3 Å². The Morgan fingerprint density at radius 3 is 2.43 bits per heavy atom. The van der Waals surface area contributed by atoms with E-state index in [1.54, 1.807) is 7.11 Å².